The SMILES string of the molecule is COC(C)(C)c1cc(-n2c(C)ccc2C)nn1C. The van der Waals surface area contributed by atoms with Gasteiger partial charge in [-0.05, 0) is 39.8 Å². The van der Waals surface area contributed by atoms with Crippen LogP contribution < -0.4 is 0 Å². The van der Waals surface area contributed by atoms with Crippen LogP contribution >= 0.6 is 0 Å². The Bertz CT molecular complexity index is 544. The molecule has 0 atom stereocenters. The van der Waals surface area contributed by atoms with Crippen LogP contribution in [0.4, 0.5) is 0 Å². The lowest BCUT2D eigenvalue weighted by Gasteiger charge is -2.22. The number of aryl methyl sites for hydroxylation is 3. The van der Waals surface area contributed by atoms with Crippen LogP contribution in [0.25, 0.3) is 5.82 Å². The minimum absolute atomic E-state index is 0.338. The van der Waals surface area contributed by atoms with Gasteiger partial charge in [-0.3, -0.25) is 4.68 Å². The molecule has 2 aromatic heterocycles. The van der Waals surface area contributed by atoms with Gasteiger partial charge < -0.3 is 9.30 Å². The Morgan fingerprint density at radius 2 is 1.72 bits per heavy atom. The van der Waals surface area contributed by atoms with Crippen LogP contribution in [0.2, 0.25) is 0 Å². The van der Waals surface area contributed by atoms with Crippen molar-refractivity contribution in [3.05, 3.63) is 35.3 Å². The van der Waals surface area contributed by atoms with Crippen molar-refractivity contribution in [2.75, 3.05) is 7.11 Å². The van der Waals surface area contributed by atoms with E-state index < -0.39 is 0 Å². The number of aromatic nitrogens is 3. The highest BCUT2D eigenvalue weighted by atomic mass is 16.5. The maximum atomic E-state index is 5.53. The quantitative estimate of drug-likeness (QED) is 0.835. The maximum Gasteiger partial charge on any atom is 0.159 e. The number of hydrogen-bond acceptors (Lipinski definition) is 2. The van der Waals surface area contributed by atoms with Crippen LogP contribution in [0.1, 0.15) is 30.9 Å². The molecule has 2 heterocycles. The van der Waals surface area contributed by atoms with Crippen molar-refractivity contribution in [3.63, 3.8) is 0 Å². The molecule has 0 aliphatic carbocycles. The Morgan fingerprint density at radius 3 is 2.22 bits per heavy atom. The van der Waals surface area contributed by atoms with Crippen LogP contribution in [-0.2, 0) is 17.4 Å². The molecule has 0 spiro atoms. The topological polar surface area (TPSA) is 32.0 Å². The second-order valence-corrected chi connectivity index (χ2v) is 5.18. The third-order valence-electron chi connectivity index (χ3n) is 3.49. The highest BCUT2D eigenvalue weighted by Crippen LogP contribution is 2.26. The molecule has 2 rings (SSSR count). The summed E-state index contributed by atoms with van der Waals surface area (Å²) >= 11 is 0. The Morgan fingerprint density at radius 1 is 1.17 bits per heavy atom. The number of methoxy groups -OCH3 is 1. The van der Waals surface area contributed by atoms with E-state index in [0.29, 0.717) is 0 Å². The first-order chi connectivity index (χ1) is 8.36. The monoisotopic (exact) mass is 247 g/mol. The summed E-state index contributed by atoms with van der Waals surface area (Å²) < 4.78 is 9.56. The van der Waals surface area contributed by atoms with Crippen molar-refractivity contribution in [3.8, 4) is 5.82 Å². The van der Waals surface area contributed by atoms with Gasteiger partial charge in [-0.1, -0.05) is 0 Å². The van der Waals surface area contributed by atoms with Crippen LogP contribution in [0, 0.1) is 13.8 Å². The highest BCUT2D eigenvalue weighted by molar-refractivity contribution is 5.34. The molecule has 0 fully saturated rings. The normalized spacial score (nSPS) is 12.1. The average molecular weight is 247 g/mol. The molecular formula is C14H21N3O. The van der Waals surface area contributed by atoms with Gasteiger partial charge >= 0.3 is 0 Å². The Hall–Kier alpha value is -1.55. The van der Waals surface area contributed by atoms with Gasteiger partial charge in [0.25, 0.3) is 0 Å². The molecular weight excluding hydrogens is 226 g/mol. The minimum Gasteiger partial charge on any atom is -0.373 e. The first kappa shape index (κ1) is 12.9. The molecule has 0 saturated carbocycles. The second-order valence-electron chi connectivity index (χ2n) is 5.18. The predicted octanol–water partition coefficient (Wildman–Crippen LogP) is 2.71. The summed E-state index contributed by atoms with van der Waals surface area (Å²) in [6, 6.07) is 6.29. The third-order valence-corrected chi connectivity index (χ3v) is 3.49. The molecule has 18 heavy (non-hydrogen) atoms. The van der Waals surface area contributed by atoms with E-state index in [1.165, 1.54) is 11.4 Å². The zero-order valence-corrected chi connectivity index (χ0v) is 12.0. The minimum atomic E-state index is -0.338. The van der Waals surface area contributed by atoms with Crippen molar-refractivity contribution in [1.82, 2.24) is 14.3 Å². The number of nitrogens with zero attached hydrogens (tertiary/aromatic N) is 3. The fourth-order valence-electron chi connectivity index (χ4n) is 2.26. The van der Waals surface area contributed by atoms with Gasteiger partial charge in [-0.25, -0.2) is 0 Å². The van der Waals surface area contributed by atoms with Gasteiger partial charge in [-0.2, -0.15) is 5.10 Å². The van der Waals surface area contributed by atoms with Crippen LogP contribution in [0.3, 0.4) is 0 Å². The van der Waals surface area contributed by atoms with Gasteiger partial charge in [0.15, 0.2) is 5.82 Å². The Balaban J connectivity index is 2.54. The van der Waals surface area contributed by atoms with Gasteiger partial charge in [-0.15, -0.1) is 0 Å². The first-order valence-electron chi connectivity index (χ1n) is 6.12. The van der Waals surface area contributed by atoms with Crippen molar-refractivity contribution in [1.29, 1.82) is 0 Å². The van der Waals surface area contributed by atoms with Crippen LogP contribution in [-0.4, -0.2) is 21.5 Å². The summed E-state index contributed by atoms with van der Waals surface area (Å²) in [6.45, 7) is 8.26. The van der Waals surface area contributed by atoms with E-state index in [-0.39, 0.29) is 5.60 Å². The standard InChI is InChI=1S/C14H21N3O/c1-10-7-8-11(2)17(10)13-9-12(16(5)15-13)14(3,4)18-6/h7-9H,1-6H3. The molecule has 2 aromatic rings. The molecule has 0 N–H and O–H groups in total. The summed E-state index contributed by atoms with van der Waals surface area (Å²) in [6.07, 6.45) is 0. The summed E-state index contributed by atoms with van der Waals surface area (Å²) in [5, 5.41) is 4.59. The maximum absolute atomic E-state index is 5.53. The van der Waals surface area contributed by atoms with E-state index in [2.05, 4.69) is 41.7 Å². The Labute approximate surface area is 108 Å². The highest BCUT2D eigenvalue weighted by Gasteiger charge is 2.25. The van der Waals surface area contributed by atoms with Gasteiger partial charge in [0.1, 0.15) is 5.60 Å². The van der Waals surface area contributed by atoms with Crippen molar-refractivity contribution >= 4 is 0 Å². The summed E-state index contributed by atoms with van der Waals surface area (Å²) in [4.78, 5) is 0. The smallest absolute Gasteiger partial charge is 0.159 e. The zero-order chi connectivity index (χ0) is 13.5. The number of ether oxygens (including phenoxy) is 1. The zero-order valence-electron chi connectivity index (χ0n) is 12.0. The van der Waals surface area contributed by atoms with Crippen molar-refractivity contribution in [2.45, 2.75) is 33.3 Å². The van der Waals surface area contributed by atoms with E-state index in [0.717, 1.165) is 11.5 Å². The molecule has 0 saturated heterocycles. The van der Waals surface area contributed by atoms with Crippen LogP contribution in [0.5, 0.6) is 0 Å². The predicted molar refractivity (Wildman–Crippen MR) is 72.0 cm³/mol. The lowest BCUT2D eigenvalue weighted by molar-refractivity contribution is 0.0123. The summed E-state index contributed by atoms with van der Waals surface area (Å²) in [5.74, 6) is 0.942. The number of rotatable bonds is 3. The molecule has 0 amide bonds. The first-order valence-corrected chi connectivity index (χ1v) is 6.12. The molecule has 0 aromatic carbocycles. The van der Waals surface area contributed by atoms with E-state index in [1.54, 1.807) is 7.11 Å². The molecule has 0 bridgehead atoms. The molecule has 4 nitrogen and oxygen atoms in total. The molecule has 0 unspecified atom stereocenters. The van der Waals surface area contributed by atoms with E-state index in [9.17, 15) is 0 Å². The third kappa shape index (κ3) is 1.97. The van der Waals surface area contributed by atoms with Gasteiger partial charge in [0, 0.05) is 31.6 Å². The average Bonchev–Trinajstić information content (AvgIpc) is 2.83. The molecule has 0 aliphatic heterocycles. The van der Waals surface area contributed by atoms with Gasteiger partial charge in [0.2, 0.25) is 0 Å². The lowest BCUT2D eigenvalue weighted by Crippen LogP contribution is -2.22. The molecule has 0 aliphatic rings. The second kappa shape index (κ2) is 4.28. The number of hydrogen-bond donors (Lipinski definition) is 0. The molecule has 4 heteroatoms. The van der Waals surface area contributed by atoms with Gasteiger partial charge in [0.05, 0.1) is 5.69 Å². The van der Waals surface area contributed by atoms with Crippen LogP contribution in [0.15, 0.2) is 18.2 Å². The Kier molecular flexibility index (Phi) is 3.07. The fourth-order valence-corrected chi connectivity index (χ4v) is 2.26. The largest absolute Gasteiger partial charge is 0.373 e. The lowest BCUT2D eigenvalue weighted by atomic mass is 10.1. The van der Waals surface area contributed by atoms with E-state index >= 15 is 0 Å². The summed E-state index contributed by atoms with van der Waals surface area (Å²) in [7, 11) is 3.67. The molecule has 98 valence electrons. The van der Waals surface area contributed by atoms with E-state index in [4.69, 9.17) is 4.74 Å². The molecule has 0 radical (unpaired) electrons. The fraction of sp³-hybridized carbons (Fsp3) is 0.500. The van der Waals surface area contributed by atoms with E-state index in [1.807, 2.05) is 25.6 Å². The van der Waals surface area contributed by atoms with Crippen molar-refractivity contribution < 1.29 is 4.74 Å². The van der Waals surface area contributed by atoms with Crippen molar-refractivity contribution in [2.24, 2.45) is 7.05 Å². The summed E-state index contributed by atoms with van der Waals surface area (Å²) in [5.41, 5.74) is 3.10.